The van der Waals surface area contributed by atoms with Crippen molar-refractivity contribution in [1.29, 1.82) is 0 Å². The summed E-state index contributed by atoms with van der Waals surface area (Å²) in [6.45, 7) is 1.77. The van der Waals surface area contributed by atoms with Crippen LogP contribution < -0.4 is 4.74 Å². The topological polar surface area (TPSA) is 87.3 Å². The molecule has 4 rings (SSSR count). The second-order valence-corrected chi connectivity index (χ2v) is 6.67. The van der Waals surface area contributed by atoms with Gasteiger partial charge >= 0.3 is 5.97 Å². The summed E-state index contributed by atoms with van der Waals surface area (Å²) < 4.78 is 16.7. The number of aromatic nitrogens is 3. The van der Waals surface area contributed by atoms with Gasteiger partial charge in [-0.25, -0.2) is 14.8 Å². The highest BCUT2D eigenvalue weighted by molar-refractivity contribution is 7.13. The van der Waals surface area contributed by atoms with E-state index in [-0.39, 0.29) is 18.1 Å². The van der Waals surface area contributed by atoms with Crippen molar-refractivity contribution in [2.45, 2.75) is 13.5 Å². The van der Waals surface area contributed by atoms with Crippen LogP contribution >= 0.6 is 11.3 Å². The van der Waals surface area contributed by atoms with Crippen LogP contribution in [0.4, 0.5) is 0 Å². The number of aryl methyl sites for hydroxylation is 1. The van der Waals surface area contributed by atoms with E-state index in [1.807, 2.05) is 17.5 Å². The van der Waals surface area contributed by atoms with Gasteiger partial charge in [0.25, 0.3) is 0 Å². The Bertz CT molecular complexity index is 1080. The van der Waals surface area contributed by atoms with Crippen LogP contribution in [0.25, 0.3) is 10.8 Å². The van der Waals surface area contributed by atoms with Crippen molar-refractivity contribution in [3.8, 4) is 22.4 Å². The molecule has 0 radical (unpaired) electrons. The normalized spacial score (nSPS) is 10.6. The maximum atomic E-state index is 12.6. The molecule has 0 atom stereocenters. The van der Waals surface area contributed by atoms with E-state index < -0.39 is 5.97 Å². The highest BCUT2D eigenvalue weighted by atomic mass is 32.1. The molecule has 0 amide bonds. The predicted molar refractivity (Wildman–Crippen MR) is 102 cm³/mol. The number of ether oxygens (including phenoxy) is 2. The molecular formula is C20H15N3O4S. The van der Waals surface area contributed by atoms with Crippen molar-refractivity contribution in [1.82, 2.24) is 15.0 Å². The largest absolute Gasteiger partial charge is 0.455 e. The lowest BCUT2D eigenvalue weighted by Gasteiger charge is -2.09. The minimum Gasteiger partial charge on any atom is -0.455 e. The molecule has 7 nitrogen and oxygen atoms in total. The van der Waals surface area contributed by atoms with Crippen molar-refractivity contribution in [2.24, 2.45) is 0 Å². The first kappa shape index (κ1) is 17.9. The van der Waals surface area contributed by atoms with Gasteiger partial charge in [0.05, 0.1) is 11.1 Å². The van der Waals surface area contributed by atoms with Gasteiger partial charge in [0.2, 0.25) is 11.8 Å². The monoisotopic (exact) mass is 393 g/mol. The Labute approximate surface area is 164 Å². The quantitative estimate of drug-likeness (QED) is 0.441. The molecule has 0 N–H and O–H groups in total. The fourth-order valence-electron chi connectivity index (χ4n) is 2.43. The molecule has 0 aliphatic heterocycles. The van der Waals surface area contributed by atoms with E-state index in [4.69, 9.17) is 13.9 Å². The summed E-state index contributed by atoms with van der Waals surface area (Å²) in [7, 11) is 0. The zero-order valence-electron chi connectivity index (χ0n) is 14.9. The Morgan fingerprint density at radius 1 is 1.18 bits per heavy atom. The predicted octanol–water partition coefficient (Wildman–Crippen LogP) is 4.65. The summed E-state index contributed by atoms with van der Waals surface area (Å²) in [5.41, 5.74) is 0.779. The average molecular weight is 393 g/mol. The smallest absolute Gasteiger partial charge is 0.344 e. The lowest BCUT2D eigenvalue weighted by Crippen LogP contribution is -2.08. The number of pyridine rings is 2. The van der Waals surface area contributed by atoms with Crippen LogP contribution in [0.3, 0.4) is 0 Å². The Hall–Kier alpha value is -3.52. The number of thiophene rings is 1. The molecule has 0 aliphatic carbocycles. The summed E-state index contributed by atoms with van der Waals surface area (Å²) in [6, 6.07) is 10.5. The zero-order chi connectivity index (χ0) is 19.3. The van der Waals surface area contributed by atoms with Gasteiger partial charge in [-0.2, -0.15) is 0 Å². The van der Waals surface area contributed by atoms with Crippen molar-refractivity contribution < 1.29 is 18.7 Å². The number of rotatable bonds is 6. The van der Waals surface area contributed by atoms with Crippen LogP contribution in [0.1, 0.15) is 21.8 Å². The molecule has 0 unspecified atom stereocenters. The molecular weight excluding hydrogens is 378 g/mol. The zero-order valence-corrected chi connectivity index (χ0v) is 15.7. The highest BCUT2D eigenvalue weighted by Crippen LogP contribution is 2.27. The molecule has 4 aromatic heterocycles. The maximum Gasteiger partial charge on any atom is 0.344 e. The molecule has 8 heteroatoms. The molecule has 0 aromatic carbocycles. The van der Waals surface area contributed by atoms with E-state index in [1.54, 1.807) is 37.4 Å². The van der Waals surface area contributed by atoms with Gasteiger partial charge in [0.1, 0.15) is 29.4 Å². The molecule has 0 fully saturated rings. The third-order valence-corrected chi connectivity index (χ3v) is 4.66. The van der Waals surface area contributed by atoms with Gasteiger partial charge in [0, 0.05) is 12.4 Å². The van der Waals surface area contributed by atoms with E-state index >= 15 is 0 Å². The van der Waals surface area contributed by atoms with Crippen LogP contribution in [0.5, 0.6) is 11.6 Å². The Morgan fingerprint density at radius 3 is 2.86 bits per heavy atom. The molecule has 0 saturated carbocycles. The van der Waals surface area contributed by atoms with Gasteiger partial charge < -0.3 is 13.9 Å². The fourth-order valence-corrected chi connectivity index (χ4v) is 3.07. The Kier molecular flexibility index (Phi) is 5.11. The van der Waals surface area contributed by atoms with Gasteiger partial charge in [-0.05, 0) is 42.6 Å². The fraction of sp³-hybridized carbons (Fsp3) is 0.100. The van der Waals surface area contributed by atoms with E-state index in [1.165, 1.54) is 23.7 Å². The molecule has 28 heavy (non-hydrogen) atoms. The van der Waals surface area contributed by atoms with Gasteiger partial charge in [-0.3, -0.25) is 4.98 Å². The third-order valence-electron chi connectivity index (χ3n) is 3.80. The van der Waals surface area contributed by atoms with Crippen molar-refractivity contribution in [3.05, 3.63) is 77.4 Å². The number of oxazole rings is 1. The number of nitrogens with zero attached hydrogens (tertiary/aromatic N) is 3. The van der Waals surface area contributed by atoms with Crippen LogP contribution in [0.15, 0.2) is 64.8 Å². The second-order valence-electron chi connectivity index (χ2n) is 5.72. The molecule has 0 bridgehead atoms. The SMILES string of the molecule is Cc1oc(-c2cccs2)nc1COC(=O)c1cccnc1Oc1cccnc1. The van der Waals surface area contributed by atoms with Crippen molar-refractivity contribution >= 4 is 17.3 Å². The molecule has 4 heterocycles. The molecule has 0 saturated heterocycles. The molecule has 0 spiro atoms. The average Bonchev–Trinajstić information content (AvgIpc) is 3.37. The standard InChI is InChI=1S/C20H15N3O4S/c1-13-16(23-19(26-13)17-7-4-10-28-17)12-25-20(24)15-6-3-9-22-18(15)27-14-5-2-8-21-11-14/h2-11H,12H2,1H3. The first-order chi connectivity index (χ1) is 13.7. The van der Waals surface area contributed by atoms with Gasteiger partial charge in [-0.15, -0.1) is 11.3 Å². The van der Waals surface area contributed by atoms with Gasteiger partial charge in [0.15, 0.2) is 0 Å². The van der Waals surface area contributed by atoms with Crippen LogP contribution in [0, 0.1) is 6.92 Å². The molecule has 0 aliphatic rings. The van der Waals surface area contributed by atoms with Crippen LogP contribution in [0.2, 0.25) is 0 Å². The van der Waals surface area contributed by atoms with Crippen molar-refractivity contribution in [3.63, 3.8) is 0 Å². The number of hydrogen-bond acceptors (Lipinski definition) is 8. The summed E-state index contributed by atoms with van der Waals surface area (Å²) >= 11 is 1.53. The van der Waals surface area contributed by atoms with Crippen molar-refractivity contribution in [2.75, 3.05) is 0 Å². The molecule has 4 aromatic rings. The minimum absolute atomic E-state index is 0.0131. The summed E-state index contributed by atoms with van der Waals surface area (Å²) in [5, 5.41) is 1.95. The first-order valence-corrected chi connectivity index (χ1v) is 9.29. The first-order valence-electron chi connectivity index (χ1n) is 8.41. The summed E-state index contributed by atoms with van der Waals surface area (Å²) in [6.07, 6.45) is 4.71. The Morgan fingerprint density at radius 2 is 2.07 bits per heavy atom. The lowest BCUT2D eigenvalue weighted by molar-refractivity contribution is 0.0463. The maximum absolute atomic E-state index is 12.6. The molecule has 140 valence electrons. The van der Waals surface area contributed by atoms with Crippen LogP contribution in [-0.4, -0.2) is 20.9 Å². The summed E-state index contributed by atoms with van der Waals surface area (Å²) in [4.78, 5) is 26.0. The van der Waals surface area contributed by atoms with E-state index in [2.05, 4.69) is 15.0 Å². The van der Waals surface area contributed by atoms with Gasteiger partial charge in [-0.1, -0.05) is 6.07 Å². The number of esters is 1. The number of carbonyl (C=O) groups excluding carboxylic acids is 1. The van der Waals surface area contributed by atoms with E-state index in [9.17, 15) is 4.79 Å². The minimum atomic E-state index is -0.563. The Balaban J connectivity index is 1.48. The number of carbonyl (C=O) groups is 1. The second kappa shape index (κ2) is 8.01. The lowest BCUT2D eigenvalue weighted by atomic mass is 10.2. The van der Waals surface area contributed by atoms with Crippen LogP contribution in [-0.2, 0) is 11.3 Å². The number of hydrogen-bond donors (Lipinski definition) is 0. The van der Waals surface area contributed by atoms with E-state index in [0.717, 1.165) is 4.88 Å². The third kappa shape index (κ3) is 3.91. The summed E-state index contributed by atoms with van der Waals surface area (Å²) in [5.74, 6) is 1.18. The van der Waals surface area contributed by atoms with E-state index in [0.29, 0.717) is 23.1 Å². The highest BCUT2D eigenvalue weighted by Gasteiger charge is 2.18.